The molecule has 0 unspecified atom stereocenters. The van der Waals surface area contributed by atoms with Crippen molar-refractivity contribution in [2.24, 2.45) is 11.8 Å². The van der Waals surface area contributed by atoms with Gasteiger partial charge in [-0.3, -0.25) is 9.78 Å². The molecule has 4 heterocycles. The molecule has 2 atom stereocenters. The summed E-state index contributed by atoms with van der Waals surface area (Å²) in [7, 11) is 2.16. The molecule has 0 spiro atoms. The minimum Gasteiger partial charge on any atom is -0.366 e. The van der Waals surface area contributed by atoms with Gasteiger partial charge >= 0.3 is 0 Å². The van der Waals surface area contributed by atoms with Crippen LogP contribution in [0.3, 0.4) is 0 Å². The molecule has 164 valence electrons. The molecule has 1 amide bonds. The fourth-order valence-electron chi connectivity index (χ4n) is 4.90. The number of aromatic nitrogens is 3. The largest absolute Gasteiger partial charge is 0.366 e. The van der Waals surface area contributed by atoms with Gasteiger partial charge in [0.05, 0.1) is 11.9 Å². The minimum absolute atomic E-state index is 0.0936. The minimum atomic E-state index is 0.0936. The lowest BCUT2D eigenvalue weighted by atomic mass is 9.92. The number of hydrogen-bond acceptors (Lipinski definition) is 7. The summed E-state index contributed by atoms with van der Waals surface area (Å²) < 4.78 is 0. The number of piperidine rings is 2. The number of likely N-dealkylation sites (tertiary alicyclic amines) is 1. The second kappa shape index (κ2) is 9.56. The number of amides is 1. The van der Waals surface area contributed by atoms with E-state index in [1.54, 1.807) is 18.6 Å². The first-order valence-electron chi connectivity index (χ1n) is 11.3. The van der Waals surface area contributed by atoms with Gasteiger partial charge in [0, 0.05) is 37.9 Å². The molecule has 2 fully saturated rings. The summed E-state index contributed by atoms with van der Waals surface area (Å²) >= 11 is 0. The van der Waals surface area contributed by atoms with Crippen LogP contribution in [0.15, 0.2) is 18.6 Å². The molecule has 4 rings (SSSR count). The van der Waals surface area contributed by atoms with Crippen LogP contribution in [0, 0.1) is 23.2 Å². The second-order valence-electron chi connectivity index (χ2n) is 9.15. The molecule has 2 aromatic heterocycles. The van der Waals surface area contributed by atoms with Crippen molar-refractivity contribution in [2.45, 2.75) is 45.1 Å². The van der Waals surface area contributed by atoms with Crippen molar-refractivity contribution < 1.29 is 4.79 Å². The molecule has 0 bridgehead atoms. The highest BCUT2D eigenvalue weighted by Gasteiger charge is 2.28. The maximum Gasteiger partial charge on any atom is 0.220 e. The summed E-state index contributed by atoms with van der Waals surface area (Å²) in [5.74, 6) is 1.24. The standard InChI is InChI=1S/C23H31N7O/c1-16-11-18(28-21(31)4-3-17-5-9-29(2)10-6-17)15-30(14-16)20-13-27-19(12-24)22-23(20)26-8-7-25-22/h7-8,13,16-18H,3-6,9-11,14-15H2,1-2H3,(H,28,31)/t16-,18+/m0/s1. The summed E-state index contributed by atoms with van der Waals surface area (Å²) in [4.78, 5) is 30.3. The van der Waals surface area contributed by atoms with Crippen molar-refractivity contribution in [3.63, 3.8) is 0 Å². The van der Waals surface area contributed by atoms with Gasteiger partial charge in [-0.25, -0.2) is 9.97 Å². The predicted octanol–water partition coefficient (Wildman–Crippen LogP) is 2.35. The zero-order chi connectivity index (χ0) is 21.8. The Morgan fingerprint density at radius 2 is 1.94 bits per heavy atom. The van der Waals surface area contributed by atoms with Crippen LogP contribution < -0.4 is 10.2 Å². The number of anilines is 1. The molecule has 8 heteroatoms. The molecule has 0 radical (unpaired) electrons. The first kappa shape index (κ1) is 21.4. The SMILES string of the molecule is C[C@H]1C[C@@H](NC(=O)CCC2CCN(C)CC2)CN(c2cnc(C#N)c3nccnc23)C1. The summed E-state index contributed by atoms with van der Waals surface area (Å²) in [5, 5.41) is 12.6. The zero-order valence-electron chi connectivity index (χ0n) is 18.4. The van der Waals surface area contributed by atoms with Crippen molar-refractivity contribution in [3.8, 4) is 6.07 Å². The van der Waals surface area contributed by atoms with Crippen molar-refractivity contribution in [3.05, 3.63) is 24.3 Å². The molecule has 2 aliphatic rings. The average molecular weight is 422 g/mol. The third-order valence-corrected chi connectivity index (χ3v) is 6.57. The highest BCUT2D eigenvalue weighted by Crippen LogP contribution is 2.29. The van der Waals surface area contributed by atoms with Gasteiger partial charge in [0.1, 0.15) is 17.1 Å². The zero-order valence-corrected chi connectivity index (χ0v) is 18.4. The molecule has 1 N–H and O–H groups in total. The Labute approximate surface area is 183 Å². The van der Waals surface area contributed by atoms with E-state index in [-0.39, 0.29) is 17.6 Å². The predicted molar refractivity (Wildman–Crippen MR) is 119 cm³/mol. The van der Waals surface area contributed by atoms with Crippen LogP contribution in [0.25, 0.3) is 11.0 Å². The first-order chi connectivity index (χ1) is 15.0. The van der Waals surface area contributed by atoms with E-state index in [4.69, 9.17) is 0 Å². The molecular formula is C23H31N7O. The summed E-state index contributed by atoms with van der Waals surface area (Å²) in [6, 6.07) is 2.19. The van der Waals surface area contributed by atoms with Crippen LogP contribution >= 0.6 is 0 Å². The third-order valence-electron chi connectivity index (χ3n) is 6.57. The number of nitrogens with zero attached hydrogens (tertiary/aromatic N) is 6. The van der Waals surface area contributed by atoms with E-state index in [1.807, 2.05) is 0 Å². The normalized spacial score (nSPS) is 22.9. The molecular weight excluding hydrogens is 390 g/mol. The molecule has 0 aliphatic carbocycles. The van der Waals surface area contributed by atoms with Gasteiger partial charge in [0.2, 0.25) is 5.91 Å². The lowest BCUT2D eigenvalue weighted by Crippen LogP contribution is -2.50. The Bertz CT molecular complexity index is 964. The fourth-order valence-corrected chi connectivity index (χ4v) is 4.90. The topological polar surface area (TPSA) is 98.0 Å². The maximum absolute atomic E-state index is 12.7. The number of nitriles is 1. The van der Waals surface area contributed by atoms with Crippen molar-refractivity contribution in [2.75, 3.05) is 38.1 Å². The smallest absolute Gasteiger partial charge is 0.220 e. The van der Waals surface area contributed by atoms with Crippen molar-refractivity contribution >= 4 is 22.6 Å². The van der Waals surface area contributed by atoms with Gasteiger partial charge < -0.3 is 15.1 Å². The average Bonchev–Trinajstić information content (AvgIpc) is 2.77. The second-order valence-corrected chi connectivity index (χ2v) is 9.15. The molecule has 2 saturated heterocycles. The Morgan fingerprint density at radius 3 is 2.68 bits per heavy atom. The van der Waals surface area contributed by atoms with Crippen LogP contribution in [0.4, 0.5) is 5.69 Å². The third kappa shape index (κ3) is 5.10. The number of rotatable bonds is 5. The summed E-state index contributed by atoms with van der Waals surface area (Å²) in [6.45, 7) is 6.05. The lowest BCUT2D eigenvalue weighted by molar-refractivity contribution is -0.122. The van der Waals surface area contributed by atoms with E-state index in [0.29, 0.717) is 35.8 Å². The fraction of sp³-hybridized carbons (Fsp3) is 0.609. The Balaban J connectivity index is 1.40. The first-order valence-corrected chi connectivity index (χ1v) is 11.3. The number of fused-ring (bicyclic) bond motifs is 1. The van der Waals surface area contributed by atoms with E-state index in [2.05, 4.69) is 50.1 Å². The molecule has 2 aliphatic heterocycles. The van der Waals surface area contributed by atoms with Crippen LogP contribution in [0.5, 0.6) is 0 Å². The van der Waals surface area contributed by atoms with Crippen molar-refractivity contribution in [1.82, 2.24) is 25.2 Å². The number of pyridine rings is 1. The molecule has 0 saturated carbocycles. The Kier molecular flexibility index (Phi) is 6.62. The molecule has 0 aromatic carbocycles. The van der Waals surface area contributed by atoms with Crippen LogP contribution in [-0.2, 0) is 4.79 Å². The maximum atomic E-state index is 12.7. The Morgan fingerprint density at radius 1 is 1.19 bits per heavy atom. The van der Waals surface area contributed by atoms with E-state index >= 15 is 0 Å². The Hall–Kier alpha value is -2.79. The van der Waals surface area contributed by atoms with E-state index < -0.39 is 0 Å². The molecule has 31 heavy (non-hydrogen) atoms. The van der Waals surface area contributed by atoms with Crippen LogP contribution in [0.2, 0.25) is 0 Å². The molecule has 8 nitrogen and oxygen atoms in total. The highest BCUT2D eigenvalue weighted by atomic mass is 16.1. The summed E-state index contributed by atoms with van der Waals surface area (Å²) in [6.07, 6.45) is 9.87. The van der Waals surface area contributed by atoms with Gasteiger partial charge in [-0.1, -0.05) is 6.92 Å². The number of carbonyl (C=O) groups excluding carboxylic acids is 1. The van der Waals surface area contributed by atoms with Crippen molar-refractivity contribution in [1.29, 1.82) is 5.26 Å². The van der Waals surface area contributed by atoms with Gasteiger partial charge in [-0.15, -0.1) is 0 Å². The monoisotopic (exact) mass is 421 g/mol. The van der Waals surface area contributed by atoms with E-state index in [9.17, 15) is 10.1 Å². The number of hydrogen-bond donors (Lipinski definition) is 1. The highest BCUT2D eigenvalue weighted by molar-refractivity contribution is 5.90. The quantitative estimate of drug-likeness (QED) is 0.791. The van der Waals surface area contributed by atoms with E-state index in [0.717, 1.165) is 38.2 Å². The van der Waals surface area contributed by atoms with Gasteiger partial charge in [-0.05, 0) is 57.7 Å². The van der Waals surface area contributed by atoms with Gasteiger partial charge in [0.25, 0.3) is 0 Å². The van der Waals surface area contributed by atoms with Crippen LogP contribution in [0.1, 0.15) is 44.7 Å². The summed E-state index contributed by atoms with van der Waals surface area (Å²) in [5.41, 5.74) is 2.38. The van der Waals surface area contributed by atoms with Gasteiger partial charge in [-0.2, -0.15) is 5.26 Å². The van der Waals surface area contributed by atoms with E-state index in [1.165, 1.54) is 12.8 Å². The van der Waals surface area contributed by atoms with Crippen LogP contribution in [-0.4, -0.2) is 65.0 Å². The molecule has 2 aromatic rings. The van der Waals surface area contributed by atoms with Gasteiger partial charge in [0.15, 0.2) is 5.69 Å². The lowest BCUT2D eigenvalue weighted by Gasteiger charge is -2.38. The number of carbonyl (C=O) groups is 1. The number of nitrogens with one attached hydrogen (secondary N) is 1.